The van der Waals surface area contributed by atoms with Gasteiger partial charge in [-0.05, 0) is 30.9 Å². The number of benzene rings is 1. The largest absolute Gasteiger partial charge is 0.356 e. The standard InChI is InChI=1S/C16H18Cl2N4/c1-11-5-7-22(8-6-11)15-9-14(19-10-20-15)21-16-12(17)3-2-4-13(16)18/h2-4,9-11H,5-8H2,1H3,(H,19,20,21). The number of hydrogen-bond donors (Lipinski definition) is 1. The number of nitrogens with one attached hydrogen (secondary N) is 1. The van der Waals surface area contributed by atoms with Crippen molar-refractivity contribution in [1.82, 2.24) is 9.97 Å². The van der Waals surface area contributed by atoms with Crippen LogP contribution in [0.2, 0.25) is 10.0 Å². The quantitative estimate of drug-likeness (QED) is 0.876. The zero-order valence-electron chi connectivity index (χ0n) is 12.4. The van der Waals surface area contributed by atoms with Crippen LogP contribution in [-0.4, -0.2) is 23.1 Å². The average molecular weight is 337 g/mol. The van der Waals surface area contributed by atoms with E-state index in [1.54, 1.807) is 18.5 Å². The maximum absolute atomic E-state index is 6.18. The first-order chi connectivity index (χ1) is 10.6. The van der Waals surface area contributed by atoms with E-state index in [0.29, 0.717) is 21.6 Å². The van der Waals surface area contributed by atoms with Crippen LogP contribution in [0.5, 0.6) is 0 Å². The fraction of sp³-hybridized carbons (Fsp3) is 0.375. The van der Waals surface area contributed by atoms with E-state index in [1.165, 1.54) is 12.8 Å². The third-order valence-corrected chi connectivity index (χ3v) is 4.61. The highest BCUT2D eigenvalue weighted by molar-refractivity contribution is 6.39. The molecule has 0 aliphatic carbocycles. The highest BCUT2D eigenvalue weighted by Crippen LogP contribution is 2.32. The molecule has 22 heavy (non-hydrogen) atoms. The van der Waals surface area contributed by atoms with E-state index >= 15 is 0 Å². The van der Waals surface area contributed by atoms with Crippen molar-refractivity contribution in [2.75, 3.05) is 23.3 Å². The second kappa shape index (κ2) is 6.71. The molecular weight excluding hydrogens is 319 g/mol. The lowest BCUT2D eigenvalue weighted by molar-refractivity contribution is 0.436. The van der Waals surface area contributed by atoms with Gasteiger partial charge in [0.2, 0.25) is 0 Å². The summed E-state index contributed by atoms with van der Waals surface area (Å²) in [5.41, 5.74) is 0.669. The smallest absolute Gasteiger partial charge is 0.135 e. The Morgan fingerprint density at radius 1 is 1.14 bits per heavy atom. The number of hydrogen-bond acceptors (Lipinski definition) is 4. The predicted octanol–water partition coefficient (Wildman–Crippen LogP) is 4.76. The zero-order valence-corrected chi connectivity index (χ0v) is 13.9. The van der Waals surface area contributed by atoms with Crippen LogP contribution in [0.15, 0.2) is 30.6 Å². The maximum atomic E-state index is 6.18. The summed E-state index contributed by atoms with van der Waals surface area (Å²) in [6, 6.07) is 7.35. The van der Waals surface area contributed by atoms with Gasteiger partial charge in [-0.3, -0.25) is 0 Å². The summed E-state index contributed by atoms with van der Waals surface area (Å²) < 4.78 is 0. The second-order valence-electron chi connectivity index (χ2n) is 5.65. The Balaban J connectivity index is 1.79. The third kappa shape index (κ3) is 3.45. The van der Waals surface area contributed by atoms with Gasteiger partial charge < -0.3 is 10.2 Å². The van der Waals surface area contributed by atoms with Gasteiger partial charge >= 0.3 is 0 Å². The van der Waals surface area contributed by atoms with Crippen LogP contribution in [0.1, 0.15) is 19.8 Å². The molecule has 1 aliphatic rings. The lowest BCUT2D eigenvalue weighted by Crippen LogP contribution is -2.33. The van der Waals surface area contributed by atoms with Gasteiger partial charge in [-0.2, -0.15) is 0 Å². The molecule has 1 aliphatic heterocycles. The number of aromatic nitrogens is 2. The first kappa shape index (κ1) is 15.4. The molecule has 0 amide bonds. The Labute approximate surface area is 140 Å². The van der Waals surface area contributed by atoms with Gasteiger partial charge in [-0.1, -0.05) is 36.2 Å². The van der Waals surface area contributed by atoms with Crippen LogP contribution in [-0.2, 0) is 0 Å². The van der Waals surface area contributed by atoms with Crippen LogP contribution < -0.4 is 10.2 Å². The van der Waals surface area contributed by atoms with Crippen molar-refractivity contribution in [2.45, 2.75) is 19.8 Å². The Morgan fingerprint density at radius 3 is 2.50 bits per heavy atom. The van der Waals surface area contributed by atoms with E-state index in [-0.39, 0.29) is 0 Å². The van der Waals surface area contributed by atoms with Crippen LogP contribution in [0.3, 0.4) is 0 Å². The molecule has 4 nitrogen and oxygen atoms in total. The van der Waals surface area contributed by atoms with Crippen LogP contribution >= 0.6 is 23.2 Å². The minimum absolute atomic E-state index is 0.569. The molecule has 1 N–H and O–H groups in total. The van der Waals surface area contributed by atoms with Crippen molar-refractivity contribution < 1.29 is 0 Å². The number of anilines is 3. The molecule has 0 saturated carbocycles. The van der Waals surface area contributed by atoms with Crippen molar-refractivity contribution in [1.29, 1.82) is 0 Å². The van der Waals surface area contributed by atoms with Gasteiger partial charge in [0.15, 0.2) is 0 Å². The van der Waals surface area contributed by atoms with E-state index < -0.39 is 0 Å². The molecule has 116 valence electrons. The molecule has 0 spiro atoms. The minimum Gasteiger partial charge on any atom is -0.356 e. The molecule has 3 rings (SSSR count). The first-order valence-corrected chi connectivity index (χ1v) is 8.17. The Bertz CT molecular complexity index is 634. The van der Waals surface area contributed by atoms with Crippen LogP contribution in [0.4, 0.5) is 17.3 Å². The summed E-state index contributed by atoms with van der Waals surface area (Å²) in [5, 5.41) is 4.32. The van der Waals surface area contributed by atoms with Gasteiger partial charge in [0.1, 0.15) is 18.0 Å². The van der Waals surface area contributed by atoms with Crippen LogP contribution in [0, 0.1) is 5.92 Å². The molecule has 2 heterocycles. The molecule has 0 radical (unpaired) electrons. The van der Waals surface area contributed by atoms with E-state index in [0.717, 1.165) is 24.8 Å². The van der Waals surface area contributed by atoms with Gasteiger partial charge in [-0.15, -0.1) is 0 Å². The Hall–Kier alpha value is -1.52. The Morgan fingerprint density at radius 2 is 1.82 bits per heavy atom. The van der Waals surface area contributed by atoms with E-state index in [4.69, 9.17) is 23.2 Å². The summed E-state index contributed by atoms with van der Waals surface area (Å²) in [6.07, 6.45) is 3.96. The molecule has 0 atom stereocenters. The summed E-state index contributed by atoms with van der Waals surface area (Å²) in [6.45, 7) is 4.36. The molecule has 1 aromatic heterocycles. The van der Waals surface area contributed by atoms with Gasteiger partial charge in [0.05, 0.1) is 15.7 Å². The molecule has 1 aromatic carbocycles. The normalized spacial score (nSPS) is 15.9. The maximum Gasteiger partial charge on any atom is 0.135 e. The number of rotatable bonds is 3. The van der Waals surface area contributed by atoms with E-state index in [2.05, 4.69) is 27.1 Å². The first-order valence-electron chi connectivity index (χ1n) is 7.41. The van der Waals surface area contributed by atoms with Gasteiger partial charge in [-0.25, -0.2) is 9.97 Å². The predicted molar refractivity (Wildman–Crippen MR) is 92.4 cm³/mol. The molecule has 2 aromatic rings. The van der Waals surface area contributed by atoms with Crippen molar-refractivity contribution >= 4 is 40.5 Å². The number of piperidine rings is 1. The Kier molecular flexibility index (Phi) is 4.69. The van der Waals surface area contributed by atoms with Crippen molar-refractivity contribution in [2.24, 2.45) is 5.92 Å². The number of halogens is 2. The van der Waals surface area contributed by atoms with Gasteiger partial charge in [0, 0.05) is 19.2 Å². The summed E-state index contributed by atoms with van der Waals surface area (Å²) >= 11 is 12.4. The topological polar surface area (TPSA) is 41.0 Å². The highest BCUT2D eigenvalue weighted by Gasteiger charge is 2.17. The summed E-state index contributed by atoms with van der Waals surface area (Å²) in [5.74, 6) is 2.42. The fourth-order valence-corrected chi connectivity index (χ4v) is 3.06. The summed E-state index contributed by atoms with van der Waals surface area (Å²) in [4.78, 5) is 10.9. The van der Waals surface area contributed by atoms with Gasteiger partial charge in [0.25, 0.3) is 0 Å². The van der Waals surface area contributed by atoms with E-state index in [9.17, 15) is 0 Å². The number of para-hydroxylation sites is 1. The van der Waals surface area contributed by atoms with Crippen molar-refractivity contribution in [3.63, 3.8) is 0 Å². The summed E-state index contributed by atoms with van der Waals surface area (Å²) in [7, 11) is 0. The lowest BCUT2D eigenvalue weighted by Gasteiger charge is -2.31. The molecule has 6 heteroatoms. The number of nitrogens with zero attached hydrogens (tertiary/aromatic N) is 3. The average Bonchev–Trinajstić information content (AvgIpc) is 2.52. The van der Waals surface area contributed by atoms with E-state index in [1.807, 2.05) is 12.1 Å². The SMILES string of the molecule is CC1CCN(c2cc(Nc3c(Cl)cccc3Cl)ncn2)CC1. The highest BCUT2D eigenvalue weighted by atomic mass is 35.5. The molecular formula is C16H18Cl2N4. The van der Waals surface area contributed by atoms with Crippen molar-refractivity contribution in [3.8, 4) is 0 Å². The minimum atomic E-state index is 0.569. The molecule has 0 unspecified atom stereocenters. The third-order valence-electron chi connectivity index (χ3n) is 3.98. The lowest BCUT2D eigenvalue weighted by atomic mass is 9.99. The molecule has 0 bridgehead atoms. The molecule has 1 saturated heterocycles. The monoisotopic (exact) mass is 336 g/mol. The second-order valence-corrected chi connectivity index (χ2v) is 6.47. The van der Waals surface area contributed by atoms with Crippen molar-refractivity contribution in [3.05, 3.63) is 40.6 Å². The van der Waals surface area contributed by atoms with Crippen LogP contribution in [0.25, 0.3) is 0 Å². The zero-order chi connectivity index (χ0) is 15.5. The molecule has 1 fully saturated rings. The fourth-order valence-electron chi connectivity index (χ4n) is 2.57.